The summed E-state index contributed by atoms with van der Waals surface area (Å²) in [4.78, 5) is 2.12. The molecule has 1 atom stereocenters. The Kier molecular flexibility index (Phi) is 15.7. The molecule has 1 heteroatoms. The van der Waals surface area contributed by atoms with Crippen molar-refractivity contribution in [2.75, 3.05) is 20.6 Å². The Morgan fingerprint density at radius 2 is 0.667 bits per heavy atom. The molecule has 2 aliphatic carbocycles. The number of hydrogen-bond acceptors (Lipinski definition) is 1. The first-order valence-corrected chi connectivity index (χ1v) is 19.3. The third kappa shape index (κ3) is 7.10. The number of hydrogen-bond donors (Lipinski definition) is 0. The van der Waals surface area contributed by atoms with Crippen LogP contribution in [0.3, 0.4) is 0 Å². The molecule has 0 fully saturated rings. The first-order valence-electron chi connectivity index (χ1n) is 19.3. The van der Waals surface area contributed by atoms with Gasteiger partial charge in [-0.3, -0.25) is 0 Å². The monoisotopic (exact) mass is 675 g/mol. The highest BCUT2D eigenvalue weighted by atomic mass is 15.0. The summed E-state index contributed by atoms with van der Waals surface area (Å²) < 4.78 is 0. The molecule has 0 radical (unpaired) electrons. The van der Waals surface area contributed by atoms with Crippen LogP contribution in [0.25, 0.3) is 11.1 Å². The zero-order valence-corrected chi connectivity index (χ0v) is 33.2. The lowest BCUT2D eigenvalue weighted by atomic mass is 9.52. The van der Waals surface area contributed by atoms with Gasteiger partial charge in [-0.1, -0.05) is 220 Å². The van der Waals surface area contributed by atoms with Gasteiger partial charge in [-0.2, -0.15) is 0 Å². The van der Waals surface area contributed by atoms with E-state index in [4.69, 9.17) is 0 Å². The molecule has 0 amide bonds. The molecule has 1 nitrogen and oxygen atoms in total. The Bertz CT molecular complexity index is 1820. The molecule has 6 aromatic rings. The highest BCUT2D eigenvalue weighted by molar-refractivity contribution is 5.91. The van der Waals surface area contributed by atoms with E-state index in [1.807, 2.05) is 55.4 Å². The van der Waals surface area contributed by atoms with Crippen LogP contribution in [0.4, 0.5) is 0 Å². The lowest BCUT2D eigenvalue weighted by molar-refractivity contribution is 0.434. The van der Waals surface area contributed by atoms with Gasteiger partial charge in [0.2, 0.25) is 0 Å². The minimum Gasteiger partial charge on any atom is -0.310 e. The Balaban J connectivity index is 0.000000481. The van der Waals surface area contributed by atoms with Gasteiger partial charge in [0.25, 0.3) is 0 Å². The van der Waals surface area contributed by atoms with Gasteiger partial charge in [-0.25, -0.2) is 0 Å². The Morgan fingerprint density at radius 1 is 0.353 bits per heavy atom. The molecule has 8 rings (SSSR count). The number of fused-ring (bicyclic) bond motifs is 5. The van der Waals surface area contributed by atoms with Crippen LogP contribution in [0.2, 0.25) is 0 Å². The predicted octanol–water partition coefficient (Wildman–Crippen LogP) is 13.4. The van der Waals surface area contributed by atoms with Crippen molar-refractivity contribution in [1.82, 2.24) is 4.90 Å². The summed E-state index contributed by atoms with van der Waals surface area (Å²) in [5.74, 6) is 0. The topological polar surface area (TPSA) is 3.24 Å². The van der Waals surface area contributed by atoms with E-state index in [1.54, 1.807) is 0 Å². The molecule has 0 spiro atoms. The summed E-state index contributed by atoms with van der Waals surface area (Å²) in [5, 5.41) is 0. The van der Waals surface area contributed by atoms with E-state index in [2.05, 4.69) is 184 Å². The second kappa shape index (κ2) is 19.6. The molecular formula is C50H61N. The first-order chi connectivity index (χ1) is 25.1. The predicted molar refractivity (Wildman–Crippen MR) is 225 cm³/mol. The lowest BCUT2D eigenvalue weighted by Gasteiger charge is -2.49. The van der Waals surface area contributed by atoms with Crippen LogP contribution >= 0.6 is 0 Å². The fraction of sp³-hybridized carbons (Fsp3) is 0.280. The van der Waals surface area contributed by atoms with E-state index in [-0.39, 0.29) is 5.41 Å². The second-order valence-electron chi connectivity index (χ2n) is 11.8. The summed E-state index contributed by atoms with van der Waals surface area (Å²) >= 11 is 0. The SMILES string of the molecule is CC.CC.CC.CC.CCN(C)C.c1ccc(C2(c3ccccc3)c3ccccc3C3(c4ccccc4)c4ccccc4-c4cccc2c43)cc1. The molecule has 51 heavy (non-hydrogen) atoms. The Hall–Kier alpha value is -4.72. The third-order valence-corrected chi connectivity index (χ3v) is 9.45. The fourth-order valence-electron chi connectivity index (χ4n) is 7.54. The van der Waals surface area contributed by atoms with Gasteiger partial charge >= 0.3 is 0 Å². The van der Waals surface area contributed by atoms with Gasteiger partial charge in [-0.15, -0.1) is 0 Å². The molecule has 0 aliphatic heterocycles. The smallest absolute Gasteiger partial charge is 0.0720 e. The second-order valence-corrected chi connectivity index (χ2v) is 11.8. The van der Waals surface area contributed by atoms with Gasteiger partial charge in [0.05, 0.1) is 10.8 Å². The van der Waals surface area contributed by atoms with Crippen LogP contribution in [0.5, 0.6) is 0 Å². The van der Waals surface area contributed by atoms with Gasteiger partial charge < -0.3 is 4.90 Å². The van der Waals surface area contributed by atoms with Crippen LogP contribution in [0.1, 0.15) is 107 Å². The lowest BCUT2D eigenvalue weighted by Crippen LogP contribution is -2.44. The average molecular weight is 676 g/mol. The third-order valence-electron chi connectivity index (χ3n) is 9.45. The first kappa shape index (κ1) is 40.7. The normalized spacial score (nSPS) is 14.7. The molecular weight excluding hydrogens is 615 g/mol. The van der Waals surface area contributed by atoms with Crippen LogP contribution < -0.4 is 0 Å². The Morgan fingerprint density at radius 3 is 1.10 bits per heavy atom. The molecule has 0 aromatic heterocycles. The summed E-state index contributed by atoms with van der Waals surface area (Å²) in [6.07, 6.45) is 0. The molecule has 0 N–H and O–H groups in total. The molecule has 2 aliphatic rings. The maximum absolute atomic E-state index is 2.39. The van der Waals surface area contributed by atoms with Crippen molar-refractivity contribution >= 4 is 0 Å². The van der Waals surface area contributed by atoms with Crippen LogP contribution in [0, 0.1) is 0 Å². The van der Waals surface area contributed by atoms with Gasteiger partial charge in [-0.05, 0) is 76.3 Å². The fourth-order valence-corrected chi connectivity index (χ4v) is 7.54. The van der Waals surface area contributed by atoms with Crippen LogP contribution in [0.15, 0.2) is 158 Å². The van der Waals surface area contributed by atoms with Crippen molar-refractivity contribution in [3.8, 4) is 11.1 Å². The maximum Gasteiger partial charge on any atom is 0.0720 e. The molecule has 6 aromatic carbocycles. The number of rotatable bonds is 4. The summed E-state index contributed by atoms with van der Waals surface area (Å²) in [6, 6.07) is 58.5. The highest BCUT2D eigenvalue weighted by Gasteiger charge is 2.57. The van der Waals surface area contributed by atoms with E-state index < -0.39 is 5.41 Å². The van der Waals surface area contributed by atoms with Crippen LogP contribution in [-0.2, 0) is 10.8 Å². The number of benzene rings is 6. The maximum atomic E-state index is 2.39. The van der Waals surface area contributed by atoms with E-state index in [0.29, 0.717) is 0 Å². The van der Waals surface area contributed by atoms with Crippen molar-refractivity contribution in [3.05, 3.63) is 202 Å². The van der Waals surface area contributed by atoms with E-state index in [0.717, 1.165) is 6.54 Å². The standard InChI is InChI=1S/C38H26.C4H11N.4C2H6/c1-4-15-27(16-5-1)37(28-17-6-2-7-18-28)33-24-12-13-25-34(33)38(29-19-8-3-9-20-29)32-23-11-10-21-30(32)31-22-14-26-35(37)36(31)38;1-4-5(2)3;4*1-2/h1-26H;4H2,1-3H3;4*1-2H3. The zero-order chi connectivity index (χ0) is 37.4. The highest BCUT2D eigenvalue weighted by Crippen LogP contribution is 2.65. The van der Waals surface area contributed by atoms with Gasteiger partial charge in [0, 0.05) is 0 Å². The molecule has 0 saturated carbocycles. The van der Waals surface area contributed by atoms with Crippen molar-refractivity contribution in [2.24, 2.45) is 0 Å². The Labute approximate surface area is 311 Å². The molecule has 266 valence electrons. The van der Waals surface area contributed by atoms with Crippen LogP contribution in [-0.4, -0.2) is 25.5 Å². The van der Waals surface area contributed by atoms with Crippen molar-refractivity contribution in [2.45, 2.75) is 73.1 Å². The summed E-state index contributed by atoms with van der Waals surface area (Å²) in [6.45, 7) is 19.3. The minimum atomic E-state index is -0.440. The molecule has 0 heterocycles. The summed E-state index contributed by atoms with van der Waals surface area (Å²) in [7, 11) is 4.11. The van der Waals surface area contributed by atoms with Crippen molar-refractivity contribution in [1.29, 1.82) is 0 Å². The zero-order valence-electron chi connectivity index (χ0n) is 33.2. The van der Waals surface area contributed by atoms with Crippen molar-refractivity contribution in [3.63, 3.8) is 0 Å². The summed E-state index contributed by atoms with van der Waals surface area (Å²) in [5.41, 5.74) is 12.6. The van der Waals surface area contributed by atoms with Crippen molar-refractivity contribution < 1.29 is 0 Å². The molecule has 1 unspecified atom stereocenters. The largest absolute Gasteiger partial charge is 0.310 e. The van der Waals surface area contributed by atoms with Gasteiger partial charge in [0.15, 0.2) is 0 Å². The minimum absolute atomic E-state index is 0.382. The average Bonchev–Trinajstić information content (AvgIpc) is 3.54. The van der Waals surface area contributed by atoms with E-state index >= 15 is 0 Å². The quantitative estimate of drug-likeness (QED) is 0.179. The molecule has 0 bridgehead atoms. The molecule has 0 saturated heterocycles. The van der Waals surface area contributed by atoms with Gasteiger partial charge in [0.1, 0.15) is 0 Å². The van der Waals surface area contributed by atoms with E-state index in [1.165, 1.54) is 55.6 Å². The number of nitrogens with zero attached hydrogens (tertiary/aromatic N) is 1. The van der Waals surface area contributed by atoms with E-state index in [9.17, 15) is 0 Å².